The first-order chi connectivity index (χ1) is 8.70. The Morgan fingerprint density at radius 1 is 1.06 bits per heavy atom. The molecular formula is C15H17BrN2. The minimum Gasteiger partial charge on any atom is -0.382 e. The maximum atomic E-state index is 5.94. The highest BCUT2D eigenvalue weighted by Crippen LogP contribution is 2.26. The monoisotopic (exact) mass is 304 g/mol. The second-order valence-corrected chi connectivity index (χ2v) is 6.04. The van der Waals surface area contributed by atoms with E-state index in [-0.39, 0.29) is 0 Å². The average Bonchev–Trinajstić information content (AvgIpc) is 2.75. The molecule has 0 aromatic heterocycles. The molecule has 94 valence electrons. The summed E-state index contributed by atoms with van der Waals surface area (Å²) in [6, 6.07) is 13.8. The van der Waals surface area contributed by atoms with Crippen molar-refractivity contribution in [1.29, 1.82) is 0 Å². The van der Waals surface area contributed by atoms with Crippen molar-refractivity contribution in [2.24, 2.45) is 5.73 Å². The van der Waals surface area contributed by atoms with Crippen LogP contribution in [0, 0.1) is 0 Å². The van der Waals surface area contributed by atoms with E-state index in [1.54, 1.807) is 0 Å². The number of fused-ring (bicyclic) bond motifs is 1. The first kappa shape index (κ1) is 12.0. The topological polar surface area (TPSA) is 38.0 Å². The van der Waals surface area contributed by atoms with Crippen LogP contribution in [0.15, 0.2) is 40.9 Å². The lowest BCUT2D eigenvalue weighted by Crippen LogP contribution is -2.20. The van der Waals surface area contributed by atoms with Crippen molar-refractivity contribution in [2.45, 2.75) is 31.3 Å². The van der Waals surface area contributed by atoms with Crippen molar-refractivity contribution in [1.82, 2.24) is 0 Å². The van der Waals surface area contributed by atoms with E-state index >= 15 is 0 Å². The second-order valence-electron chi connectivity index (χ2n) is 5.12. The molecule has 2 unspecified atom stereocenters. The van der Waals surface area contributed by atoms with Gasteiger partial charge in [0.25, 0.3) is 0 Å². The van der Waals surface area contributed by atoms with Crippen molar-refractivity contribution >= 4 is 32.4 Å². The zero-order chi connectivity index (χ0) is 12.5. The summed E-state index contributed by atoms with van der Waals surface area (Å²) in [5, 5.41) is 6.12. The summed E-state index contributed by atoms with van der Waals surface area (Å²) in [4.78, 5) is 0. The van der Waals surface area contributed by atoms with Gasteiger partial charge in [-0.15, -0.1) is 0 Å². The van der Waals surface area contributed by atoms with E-state index < -0.39 is 0 Å². The van der Waals surface area contributed by atoms with Crippen LogP contribution in [0.25, 0.3) is 10.8 Å². The zero-order valence-corrected chi connectivity index (χ0v) is 11.8. The average molecular weight is 305 g/mol. The number of rotatable bonds is 2. The Kier molecular flexibility index (Phi) is 3.27. The maximum absolute atomic E-state index is 5.94. The van der Waals surface area contributed by atoms with Gasteiger partial charge in [0, 0.05) is 22.2 Å². The molecule has 0 bridgehead atoms. The number of benzene rings is 2. The molecule has 2 aromatic carbocycles. The lowest BCUT2D eigenvalue weighted by Gasteiger charge is -2.14. The summed E-state index contributed by atoms with van der Waals surface area (Å²) < 4.78 is 1.12. The molecule has 3 heteroatoms. The van der Waals surface area contributed by atoms with Crippen LogP contribution in [0.2, 0.25) is 0 Å². The van der Waals surface area contributed by atoms with Gasteiger partial charge in [-0.2, -0.15) is 0 Å². The third-order valence-corrected chi connectivity index (χ3v) is 4.14. The molecule has 1 fully saturated rings. The van der Waals surface area contributed by atoms with Crippen molar-refractivity contribution < 1.29 is 0 Å². The van der Waals surface area contributed by atoms with E-state index in [9.17, 15) is 0 Å². The Morgan fingerprint density at radius 3 is 2.61 bits per heavy atom. The van der Waals surface area contributed by atoms with Gasteiger partial charge in [0.05, 0.1) is 0 Å². The van der Waals surface area contributed by atoms with E-state index in [1.807, 2.05) is 0 Å². The minimum absolute atomic E-state index is 0.374. The van der Waals surface area contributed by atoms with Gasteiger partial charge in [-0.25, -0.2) is 0 Å². The predicted octanol–water partition coefficient (Wildman–Crippen LogP) is 3.89. The van der Waals surface area contributed by atoms with Crippen LogP contribution >= 0.6 is 15.9 Å². The number of halogens is 1. The summed E-state index contributed by atoms with van der Waals surface area (Å²) in [6.45, 7) is 0. The SMILES string of the molecule is NC1CCC(Nc2ccc3cc(Br)ccc3c2)C1. The van der Waals surface area contributed by atoms with Crippen LogP contribution in [-0.4, -0.2) is 12.1 Å². The summed E-state index contributed by atoms with van der Waals surface area (Å²) in [7, 11) is 0. The first-order valence-electron chi connectivity index (χ1n) is 6.42. The molecule has 0 heterocycles. The Hall–Kier alpha value is -1.06. The molecule has 18 heavy (non-hydrogen) atoms. The number of hydrogen-bond acceptors (Lipinski definition) is 2. The van der Waals surface area contributed by atoms with Crippen LogP contribution in [0.5, 0.6) is 0 Å². The highest BCUT2D eigenvalue weighted by molar-refractivity contribution is 9.10. The van der Waals surface area contributed by atoms with Crippen LogP contribution in [0.4, 0.5) is 5.69 Å². The maximum Gasteiger partial charge on any atom is 0.0348 e. The number of nitrogens with two attached hydrogens (primary N) is 1. The minimum atomic E-state index is 0.374. The molecule has 2 nitrogen and oxygen atoms in total. The van der Waals surface area contributed by atoms with Gasteiger partial charge in [-0.05, 0) is 54.3 Å². The fraction of sp³-hybridized carbons (Fsp3) is 0.333. The third kappa shape index (κ3) is 2.52. The summed E-state index contributed by atoms with van der Waals surface area (Å²) in [6.07, 6.45) is 3.40. The molecule has 0 amide bonds. The first-order valence-corrected chi connectivity index (χ1v) is 7.21. The Bertz CT molecular complexity index is 567. The number of nitrogens with one attached hydrogen (secondary N) is 1. The van der Waals surface area contributed by atoms with E-state index in [1.165, 1.54) is 22.9 Å². The van der Waals surface area contributed by atoms with E-state index in [4.69, 9.17) is 5.73 Å². The molecule has 0 radical (unpaired) electrons. The van der Waals surface area contributed by atoms with Gasteiger partial charge in [-0.1, -0.05) is 28.1 Å². The van der Waals surface area contributed by atoms with Gasteiger partial charge in [0.2, 0.25) is 0 Å². The largest absolute Gasteiger partial charge is 0.382 e. The van der Waals surface area contributed by atoms with E-state index in [0.29, 0.717) is 12.1 Å². The summed E-state index contributed by atoms with van der Waals surface area (Å²) >= 11 is 3.50. The van der Waals surface area contributed by atoms with Gasteiger partial charge in [0.1, 0.15) is 0 Å². The fourth-order valence-electron chi connectivity index (χ4n) is 2.69. The highest BCUT2D eigenvalue weighted by Gasteiger charge is 2.21. The van der Waals surface area contributed by atoms with Gasteiger partial charge >= 0.3 is 0 Å². The van der Waals surface area contributed by atoms with Gasteiger partial charge in [0.15, 0.2) is 0 Å². The van der Waals surface area contributed by atoms with Crippen molar-refractivity contribution in [3.63, 3.8) is 0 Å². The van der Waals surface area contributed by atoms with Gasteiger partial charge in [-0.3, -0.25) is 0 Å². The quantitative estimate of drug-likeness (QED) is 0.883. The summed E-state index contributed by atoms with van der Waals surface area (Å²) in [5.41, 5.74) is 7.14. The zero-order valence-electron chi connectivity index (χ0n) is 10.2. The molecule has 2 aromatic rings. The smallest absolute Gasteiger partial charge is 0.0348 e. The highest BCUT2D eigenvalue weighted by atomic mass is 79.9. The lowest BCUT2D eigenvalue weighted by atomic mass is 10.1. The van der Waals surface area contributed by atoms with Crippen LogP contribution in [-0.2, 0) is 0 Å². The molecule has 0 saturated heterocycles. The van der Waals surface area contributed by atoms with E-state index in [0.717, 1.165) is 17.3 Å². The molecule has 1 aliphatic rings. The fourth-order valence-corrected chi connectivity index (χ4v) is 3.07. The van der Waals surface area contributed by atoms with Crippen molar-refractivity contribution in [2.75, 3.05) is 5.32 Å². The lowest BCUT2D eigenvalue weighted by molar-refractivity contribution is 0.688. The Labute approximate surface area is 116 Å². The molecule has 2 atom stereocenters. The van der Waals surface area contributed by atoms with Crippen LogP contribution in [0.3, 0.4) is 0 Å². The standard InChI is InChI=1S/C15H17BrN2/c16-12-3-1-11-8-14(5-2-10(11)7-12)18-15-6-4-13(17)9-15/h1-3,5,7-8,13,15,18H,4,6,9,17H2. The van der Waals surface area contributed by atoms with Crippen LogP contribution in [0.1, 0.15) is 19.3 Å². The molecule has 1 saturated carbocycles. The molecule has 0 spiro atoms. The summed E-state index contributed by atoms with van der Waals surface area (Å²) in [5.74, 6) is 0. The number of anilines is 1. The molecule has 3 rings (SSSR count). The normalized spacial score (nSPS) is 23.4. The number of hydrogen-bond donors (Lipinski definition) is 2. The van der Waals surface area contributed by atoms with Crippen molar-refractivity contribution in [3.05, 3.63) is 40.9 Å². The van der Waals surface area contributed by atoms with Gasteiger partial charge < -0.3 is 11.1 Å². The molecule has 3 N–H and O–H groups in total. The Balaban J connectivity index is 1.82. The van der Waals surface area contributed by atoms with Crippen LogP contribution < -0.4 is 11.1 Å². The predicted molar refractivity (Wildman–Crippen MR) is 80.9 cm³/mol. The molecule has 1 aliphatic carbocycles. The molecule has 0 aliphatic heterocycles. The third-order valence-electron chi connectivity index (χ3n) is 3.65. The van der Waals surface area contributed by atoms with E-state index in [2.05, 4.69) is 57.6 Å². The Morgan fingerprint density at radius 2 is 1.83 bits per heavy atom. The second kappa shape index (κ2) is 4.90. The molecular weight excluding hydrogens is 288 g/mol. The van der Waals surface area contributed by atoms with Crippen molar-refractivity contribution in [3.8, 4) is 0 Å².